The fourth-order valence-electron chi connectivity index (χ4n) is 3.25. The minimum Gasteiger partial charge on any atom is -0.497 e. The summed E-state index contributed by atoms with van der Waals surface area (Å²) in [6.07, 6.45) is 1.32. The standard InChI is InChI=1S/C21H25NO5/c1-24-17-8-7-14(19(12-17)26-3)9-10-22-21(23)16-11-15-5-4-6-18(25-2)20(15)27-13-16/h4-8,12,16H,9-11,13H2,1-3H3,(H,22,23). The van der Waals surface area contributed by atoms with Crippen molar-refractivity contribution in [2.75, 3.05) is 34.5 Å². The van der Waals surface area contributed by atoms with Crippen LogP contribution in [0.25, 0.3) is 0 Å². The Kier molecular flexibility index (Phi) is 6.06. The molecule has 1 N–H and O–H groups in total. The van der Waals surface area contributed by atoms with Gasteiger partial charge in [0.15, 0.2) is 11.5 Å². The van der Waals surface area contributed by atoms with Gasteiger partial charge in [-0.3, -0.25) is 4.79 Å². The van der Waals surface area contributed by atoms with Gasteiger partial charge in [-0.25, -0.2) is 0 Å². The van der Waals surface area contributed by atoms with Crippen LogP contribution in [-0.2, 0) is 17.6 Å². The van der Waals surface area contributed by atoms with Crippen LogP contribution in [-0.4, -0.2) is 40.4 Å². The molecule has 0 saturated heterocycles. The predicted molar refractivity (Wildman–Crippen MR) is 102 cm³/mol. The number of methoxy groups -OCH3 is 3. The highest BCUT2D eigenvalue weighted by atomic mass is 16.5. The van der Waals surface area contributed by atoms with E-state index in [1.165, 1.54) is 0 Å². The Labute approximate surface area is 159 Å². The first-order valence-electron chi connectivity index (χ1n) is 8.93. The molecule has 0 aromatic heterocycles. The summed E-state index contributed by atoms with van der Waals surface area (Å²) in [4.78, 5) is 12.5. The lowest BCUT2D eigenvalue weighted by molar-refractivity contribution is -0.126. The first kappa shape index (κ1) is 18.9. The summed E-state index contributed by atoms with van der Waals surface area (Å²) in [5.74, 6) is 2.74. The summed E-state index contributed by atoms with van der Waals surface area (Å²) in [7, 11) is 4.86. The summed E-state index contributed by atoms with van der Waals surface area (Å²) in [6.45, 7) is 0.883. The SMILES string of the molecule is COc1ccc(CCNC(=O)C2COc3c(cccc3OC)C2)c(OC)c1. The molecule has 0 fully saturated rings. The van der Waals surface area contributed by atoms with Crippen molar-refractivity contribution in [2.24, 2.45) is 5.92 Å². The first-order chi connectivity index (χ1) is 13.2. The Morgan fingerprint density at radius 3 is 2.67 bits per heavy atom. The normalized spacial score (nSPS) is 15.3. The van der Waals surface area contributed by atoms with Crippen LogP contribution >= 0.6 is 0 Å². The topological polar surface area (TPSA) is 66.0 Å². The van der Waals surface area contributed by atoms with Crippen LogP contribution in [0.2, 0.25) is 0 Å². The Balaban J connectivity index is 1.56. The molecule has 0 aliphatic carbocycles. The molecule has 0 saturated carbocycles. The first-order valence-corrected chi connectivity index (χ1v) is 8.93. The van der Waals surface area contributed by atoms with Crippen LogP contribution in [0, 0.1) is 5.92 Å². The van der Waals surface area contributed by atoms with Gasteiger partial charge in [0.05, 0.1) is 27.2 Å². The van der Waals surface area contributed by atoms with Crippen LogP contribution in [0.3, 0.4) is 0 Å². The molecular formula is C21H25NO5. The molecular weight excluding hydrogens is 346 g/mol. The molecule has 1 atom stereocenters. The lowest BCUT2D eigenvalue weighted by Crippen LogP contribution is -2.38. The van der Waals surface area contributed by atoms with E-state index in [-0.39, 0.29) is 11.8 Å². The molecule has 3 rings (SSSR count). The van der Waals surface area contributed by atoms with Gasteiger partial charge in [0.2, 0.25) is 5.91 Å². The van der Waals surface area contributed by atoms with Crippen LogP contribution in [0.15, 0.2) is 36.4 Å². The largest absolute Gasteiger partial charge is 0.497 e. The van der Waals surface area contributed by atoms with E-state index in [9.17, 15) is 4.79 Å². The minimum absolute atomic E-state index is 0.00375. The van der Waals surface area contributed by atoms with Crippen molar-refractivity contribution in [3.8, 4) is 23.0 Å². The second-order valence-corrected chi connectivity index (χ2v) is 6.38. The number of fused-ring (bicyclic) bond motifs is 1. The summed E-state index contributed by atoms with van der Waals surface area (Å²) in [5, 5.41) is 3.00. The number of ether oxygens (including phenoxy) is 4. The van der Waals surface area contributed by atoms with Crippen molar-refractivity contribution in [1.82, 2.24) is 5.32 Å². The van der Waals surface area contributed by atoms with E-state index in [1.54, 1.807) is 21.3 Å². The van der Waals surface area contributed by atoms with Gasteiger partial charge in [0.1, 0.15) is 18.1 Å². The van der Waals surface area contributed by atoms with Gasteiger partial charge >= 0.3 is 0 Å². The molecule has 2 aromatic carbocycles. The quantitative estimate of drug-likeness (QED) is 0.811. The smallest absolute Gasteiger partial charge is 0.226 e. The van der Waals surface area contributed by atoms with E-state index in [0.29, 0.717) is 31.7 Å². The van der Waals surface area contributed by atoms with Gasteiger partial charge in [-0.2, -0.15) is 0 Å². The van der Waals surface area contributed by atoms with Gasteiger partial charge in [0, 0.05) is 12.6 Å². The Bertz CT molecular complexity index is 805. The molecule has 1 unspecified atom stereocenters. The average Bonchev–Trinajstić information content (AvgIpc) is 2.72. The van der Waals surface area contributed by atoms with Crippen molar-refractivity contribution >= 4 is 5.91 Å². The monoisotopic (exact) mass is 371 g/mol. The molecule has 1 amide bonds. The maximum absolute atomic E-state index is 12.5. The molecule has 1 aliphatic rings. The van der Waals surface area contributed by atoms with Gasteiger partial charge < -0.3 is 24.3 Å². The molecule has 6 nitrogen and oxygen atoms in total. The zero-order chi connectivity index (χ0) is 19.2. The van der Waals surface area contributed by atoms with Gasteiger partial charge in [-0.15, -0.1) is 0 Å². The molecule has 0 radical (unpaired) electrons. The van der Waals surface area contributed by atoms with E-state index < -0.39 is 0 Å². The van der Waals surface area contributed by atoms with E-state index >= 15 is 0 Å². The number of carbonyl (C=O) groups is 1. The third-order valence-electron chi connectivity index (χ3n) is 4.73. The fourth-order valence-corrected chi connectivity index (χ4v) is 3.25. The highest BCUT2D eigenvalue weighted by Gasteiger charge is 2.27. The molecule has 0 bridgehead atoms. The third kappa shape index (κ3) is 4.27. The molecule has 1 aliphatic heterocycles. The number of nitrogens with one attached hydrogen (secondary N) is 1. The number of carbonyl (C=O) groups excluding carboxylic acids is 1. The molecule has 144 valence electrons. The van der Waals surface area contributed by atoms with Crippen molar-refractivity contribution in [3.05, 3.63) is 47.5 Å². The molecule has 0 spiro atoms. The average molecular weight is 371 g/mol. The number of amides is 1. The maximum Gasteiger partial charge on any atom is 0.226 e. The van der Waals surface area contributed by atoms with Gasteiger partial charge in [-0.1, -0.05) is 18.2 Å². The summed E-state index contributed by atoms with van der Waals surface area (Å²) >= 11 is 0. The highest BCUT2D eigenvalue weighted by molar-refractivity contribution is 5.79. The summed E-state index contributed by atoms with van der Waals surface area (Å²) < 4.78 is 21.7. The molecule has 27 heavy (non-hydrogen) atoms. The van der Waals surface area contributed by atoms with E-state index in [2.05, 4.69) is 5.32 Å². The highest BCUT2D eigenvalue weighted by Crippen LogP contribution is 2.36. The summed E-state index contributed by atoms with van der Waals surface area (Å²) in [6, 6.07) is 11.4. The Morgan fingerprint density at radius 2 is 1.93 bits per heavy atom. The molecule has 1 heterocycles. The van der Waals surface area contributed by atoms with Gasteiger partial charge in [-0.05, 0) is 36.1 Å². The summed E-state index contributed by atoms with van der Waals surface area (Å²) in [5.41, 5.74) is 2.02. The van der Waals surface area contributed by atoms with Gasteiger partial charge in [0.25, 0.3) is 0 Å². The zero-order valence-electron chi connectivity index (χ0n) is 15.9. The van der Waals surface area contributed by atoms with Crippen molar-refractivity contribution < 1.29 is 23.7 Å². The second kappa shape index (κ2) is 8.66. The van der Waals surface area contributed by atoms with Crippen LogP contribution in [0.5, 0.6) is 23.0 Å². The van der Waals surface area contributed by atoms with Crippen LogP contribution in [0.1, 0.15) is 11.1 Å². The van der Waals surface area contributed by atoms with E-state index in [4.69, 9.17) is 18.9 Å². The minimum atomic E-state index is -0.206. The van der Waals surface area contributed by atoms with Crippen molar-refractivity contribution in [3.63, 3.8) is 0 Å². The number of para-hydroxylation sites is 1. The number of hydrogen-bond acceptors (Lipinski definition) is 5. The Hall–Kier alpha value is -2.89. The molecule has 2 aromatic rings. The van der Waals surface area contributed by atoms with Crippen LogP contribution in [0.4, 0.5) is 0 Å². The number of rotatable bonds is 7. The zero-order valence-corrected chi connectivity index (χ0v) is 15.9. The van der Waals surface area contributed by atoms with Crippen molar-refractivity contribution in [1.29, 1.82) is 0 Å². The maximum atomic E-state index is 12.5. The number of hydrogen-bond donors (Lipinski definition) is 1. The van der Waals surface area contributed by atoms with E-state index in [1.807, 2.05) is 36.4 Å². The lowest BCUT2D eigenvalue weighted by Gasteiger charge is -2.25. The Morgan fingerprint density at radius 1 is 1.11 bits per heavy atom. The number of benzene rings is 2. The lowest BCUT2D eigenvalue weighted by atomic mass is 9.95. The van der Waals surface area contributed by atoms with Crippen molar-refractivity contribution in [2.45, 2.75) is 12.8 Å². The third-order valence-corrected chi connectivity index (χ3v) is 4.73. The van der Waals surface area contributed by atoms with E-state index in [0.717, 1.165) is 28.4 Å². The second-order valence-electron chi connectivity index (χ2n) is 6.38. The predicted octanol–water partition coefficient (Wildman–Crippen LogP) is 2.62. The van der Waals surface area contributed by atoms with Crippen LogP contribution < -0.4 is 24.3 Å². The fraction of sp³-hybridized carbons (Fsp3) is 0.381. The molecule has 6 heteroatoms.